The molecule has 0 bridgehead atoms. The fourth-order valence-electron chi connectivity index (χ4n) is 1.94. The first-order chi connectivity index (χ1) is 9.87. The molecule has 1 aromatic heterocycles. The predicted octanol–water partition coefficient (Wildman–Crippen LogP) is 2.82. The molecule has 1 fully saturated rings. The molecule has 7 nitrogen and oxygen atoms in total. The van der Waals surface area contributed by atoms with E-state index in [-0.39, 0.29) is 11.6 Å². The van der Waals surface area contributed by atoms with Crippen LogP contribution in [0.5, 0.6) is 5.88 Å². The van der Waals surface area contributed by atoms with Crippen molar-refractivity contribution in [2.75, 3.05) is 13.1 Å². The summed E-state index contributed by atoms with van der Waals surface area (Å²) in [5.74, 6) is -0.0475. The van der Waals surface area contributed by atoms with Crippen LogP contribution in [0.15, 0.2) is 18.3 Å². The molecule has 2 rings (SSSR count). The number of amides is 1. The first kappa shape index (κ1) is 15.2. The van der Waals surface area contributed by atoms with Gasteiger partial charge in [0.15, 0.2) is 5.60 Å². The first-order valence-corrected chi connectivity index (χ1v) is 6.95. The topological polar surface area (TPSA) is 71.7 Å². The van der Waals surface area contributed by atoms with Crippen molar-refractivity contribution >= 4 is 11.8 Å². The zero-order valence-corrected chi connectivity index (χ0v) is 12.5. The lowest BCUT2D eigenvalue weighted by Gasteiger charge is -2.14. The van der Waals surface area contributed by atoms with Crippen LogP contribution >= 0.6 is 0 Å². The Kier molecular flexibility index (Phi) is 4.40. The van der Waals surface area contributed by atoms with Crippen LogP contribution in [0.3, 0.4) is 0 Å². The standard InChI is InChI=1S/C14H20N3O4/c1-14(2,3)21-17(19)11-7-6-8-15-12(11)20-13(18)16-9-4-5-10-16/h6-8H,4-5,9-10H2,1-3H3/q+1. The molecule has 1 amide bonds. The molecule has 1 aromatic rings. The molecule has 114 valence electrons. The van der Waals surface area contributed by atoms with Crippen molar-refractivity contribution in [3.05, 3.63) is 23.2 Å². The smallest absolute Gasteiger partial charge is 0.384 e. The highest BCUT2D eigenvalue weighted by atomic mass is 16.8. The summed E-state index contributed by atoms with van der Waals surface area (Å²) in [6.45, 7) is 6.60. The van der Waals surface area contributed by atoms with E-state index >= 15 is 0 Å². The van der Waals surface area contributed by atoms with Crippen LogP contribution in [0.2, 0.25) is 0 Å². The number of ether oxygens (including phenoxy) is 1. The second-order valence-corrected chi connectivity index (χ2v) is 5.85. The normalized spacial score (nSPS) is 14.9. The number of aromatic nitrogens is 1. The van der Waals surface area contributed by atoms with Gasteiger partial charge in [-0.05, 0) is 39.7 Å². The molecule has 0 saturated carbocycles. The second-order valence-electron chi connectivity index (χ2n) is 5.85. The van der Waals surface area contributed by atoms with Gasteiger partial charge in [-0.15, -0.1) is 0 Å². The maximum atomic E-state index is 12.0. The molecule has 0 aromatic carbocycles. The third-order valence-corrected chi connectivity index (χ3v) is 2.85. The highest BCUT2D eigenvalue weighted by Crippen LogP contribution is 2.26. The van der Waals surface area contributed by atoms with Gasteiger partial charge in [0.25, 0.3) is 4.92 Å². The maximum Gasteiger partial charge on any atom is 0.416 e. The van der Waals surface area contributed by atoms with Gasteiger partial charge in [0.1, 0.15) is 0 Å². The minimum absolute atomic E-state index is 0.0475. The van der Waals surface area contributed by atoms with Crippen molar-refractivity contribution in [2.45, 2.75) is 39.2 Å². The Balaban J connectivity index is 2.13. The minimum Gasteiger partial charge on any atom is -0.384 e. The van der Waals surface area contributed by atoms with Gasteiger partial charge in [-0.25, -0.2) is 14.6 Å². The quantitative estimate of drug-likeness (QED) is 0.802. The van der Waals surface area contributed by atoms with Crippen molar-refractivity contribution in [3.8, 4) is 5.88 Å². The number of carbonyl (C=O) groups is 1. The van der Waals surface area contributed by atoms with Crippen molar-refractivity contribution in [2.24, 2.45) is 0 Å². The van der Waals surface area contributed by atoms with E-state index < -0.39 is 11.7 Å². The molecule has 0 atom stereocenters. The van der Waals surface area contributed by atoms with Crippen LogP contribution in [0.1, 0.15) is 33.6 Å². The largest absolute Gasteiger partial charge is 0.416 e. The fourth-order valence-corrected chi connectivity index (χ4v) is 1.94. The van der Waals surface area contributed by atoms with Crippen molar-refractivity contribution in [3.63, 3.8) is 0 Å². The Bertz CT molecular complexity index is 533. The van der Waals surface area contributed by atoms with Gasteiger partial charge >= 0.3 is 17.7 Å². The van der Waals surface area contributed by atoms with Crippen LogP contribution in [-0.4, -0.2) is 39.6 Å². The van der Waals surface area contributed by atoms with Gasteiger partial charge in [-0.3, -0.25) is 0 Å². The van der Waals surface area contributed by atoms with E-state index in [2.05, 4.69) is 4.98 Å². The van der Waals surface area contributed by atoms with Gasteiger partial charge in [-0.2, -0.15) is 0 Å². The number of likely N-dealkylation sites (tertiary alicyclic amines) is 1. The van der Waals surface area contributed by atoms with Gasteiger partial charge in [-0.1, -0.05) is 0 Å². The Morgan fingerprint density at radius 3 is 2.62 bits per heavy atom. The van der Waals surface area contributed by atoms with E-state index in [9.17, 15) is 9.70 Å². The van der Waals surface area contributed by atoms with Gasteiger partial charge in [0.05, 0.1) is 4.91 Å². The summed E-state index contributed by atoms with van der Waals surface area (Å²) in [5.41, 5.74) is -0.589. The Morgan fingerprint density at radius 1 is 1.33 bits per heavy atom. The Morgan fingerprint density at radius 2 is 2.00 bits per heavy atom. The SMILES string of the molecule is CC(C)(C)O[N+](=O)c1cccnc1OC(=O)N1CCCC1. The average Bonchev–Trinajstić information content (AvgIpc) is 2.91. The average molecular weight is 294 g/mol. The first-order valence-electron chi connectivity index (χ1n) is 6.95. The van der Waals surface area contributed by atoms with Crippen LogP contribution in [0.4, 0.5) is 10.5 Å². The molecule has 1 saturated heterocycles. The summed E-state index contributed by atoms with van der Waals surface area (Å²) in [6.07, 6.45) is 2.90. The molecular weight excluding hydrogens is 274 g/mol. The summed E-state index contributed by atoms with van der Waals surface area (Å²) in [7, 11) is 0. The molecule has 7 heteroatoms. The monoisotopic (exact) mass is 294 g/mol. The number of carbonyl (C=O) groups excluding carboxylic acids is 1. The zero-order chi connectivity index (χ0) is 15.5. The molecule has 0 unspecified atom stereocenters. The molecule has 2 heterocycles. The Labute approximate surface area is 123 Å². The lowest BCUT2D eigenvalue weighted by molar-refractivity contribution is -0.766. The molecule has 0 N–H and O–H groups in total. The van der Waals surface area contributed by atoms with Crippen LogP contribution in [-0.2, 0) is 4.84 Å². The number of pyridine rings is 1. The highest BCUT2D eigenvalue weighted by molar-refractivity contribution is 5.71. The van der Waals surface area contributed by atoms with Gasteiger partial charge in [0.2, 0.25) is 0 Å². The summed E-state index contributed by atoms with van der Waals surface area (Å²) < 4.78 is 5.22. The number of rotatable bonds is 3. The number of hydrogen-bond donors (Lipinski definition) is 0. The van der Waals surface area contributed by atoms with Crippen LogP contribution in [0, 0.1) is 4.91 Å². The van der Waals surface area contributed by atoms with Crippen LogP contribution < -0.4 is 4.74 Å². The van der Waals surface area contributed by atoms with Crippen LogP contribution in [0.25, 0.3) is 0 Å². The summed E-state index contributed by atoms with van der Waals surface area (Å²) in [5, 5.41) is 0. The molecule has 1 aliphatic rings. The molecule has 0 aliphatic carbocycles. The lowest BCUT2D eigenvalue weighted by Crippen LogP contribution is -2.31. The summed E-state index contributed by atoms with van der Waals surface area (Å²) >= 11 is 0. The summed E-state index contributed by atoms with van der Waals surface area (Å²) in [6, 6.07) is 3.08. The molecular formula is C14H20N3O4+. The fraction of sp³-hybridized carbons (Fsp3) is 0.571. The van der Waals surface area contributed by atoms with E-state index in [0.29, 0.717) is 18.0 Å². The van der Waals surface area contributed by atoms with E-state index in [1.807, 2.05) is 0 Å². The zero-order valence-electron chi connectivity index (χ0n) is 12.5. The highest BCUT2D eigenvalue weighted by Gasteiger charge is 2.32. The molecule has 0 spiro atoms. The van der Waals surface area contributed by atoms with E-state index in [4.69, 9.17) is 9.57 Å². The minimum atomic E-state index is -0.659. The summed E-state index contributed by atoms with van der Waals surface area (Å²) in [4.78, 5) is 35.1. The van der Waals surface area contributed by atoms with Crippen molar-refractivity contribution in [1.29, 1.82) is 0 Å². The number of nitrogens with zero attached hydrogens (tertiary/aromatic N) is 3. The third kappa shape index (κ3) is 4.14. The second kappa shape index (κ2) is 6.07. The third-order valence-electron chi connectivity index (χ3n) is 2.85. The predicted molar refractivity (Wildman–Crippen MR) is 75.2 cm³/mol. The van der Waals surface area contributed by atoms with Gasteiger partial charge < -0.3 is 9.64 Å². The molecule has 1 aliphatic heterocycles. The van der Waals surface area contributed by atoms with Crippen molar-refractivity contribution in [1.82, 2.24) is 9.88 Å². The maximum absolute atomic E-state index is 12.0. The van der Waals surface area contributed by atoms with E-state index in [1.165, 1.54) is 12.3 Å². The molecule has 21 heavy (non-hydrogen) atoms. The molecule has 0 radical (unpaired) electrons. The Hall–Kier alpha value is -2.18. The van der Waals surface area contributed by atoms with Crippen molar-refractivity contribution < 1.29 is 19.3 Å². The van der Waals surface area contributed by atoms with E-state index in [0.717, 1.165) is 12.8 Å². The lowest BCUT2D eigenvalue weighted by atomic mass is 10.2. The van der Waals surface area contributed by atoms with Gasteiger partial charge in [0, 0.05) is 25.4 Å². The number of hydrogen-bond acceptors (Lipinski definition) is 5. The van der Waals surface area contributed by atoms with E-state index in [1.54, 1.807) is 31.7 Å².